The van der Waals surface area contributed by atoms with Gasteiger partial charge in [0.1, 0.15) is 52.5 Å². The smallest absolute Gasteiger partial charge is 0.294 e. The number of rotatable bonds is 15. The molecule has 0 atom stereocenters. The average molecular weight is 1290 g/mol. The van der Waals surface area contributed by atoms with Crippen LogP contribution in [0.3, 0.4) is 0 Å². The lowest BCUT2D eigenvalue weighted by molar-refractivity contribution is -0.384. The van der Waals surface area contributed by atoms with Crippen molar-refractivity contribution < 1.29 is 23.8 Å². The number of benzene rings is 4. The predicted molar refractivity (Wildman–Crippen MR) is 354 cm³/mol. The number of halogens is 2. The SMILES string of the molecule is CN(C)C1CC2(CCN(c3ccc(Nc4ncc(Cl)c(Nc5ccc6nccnc6c5P(C)(C)=O)n4)cc3[N+](=O)[O-])CC2)C1.CNC.CP(C)(=O)c1c(Nc2nc(Nc3ccc(N4CCC5(CC4)CC(=O)C5)c([N+](=O)[O-])c3)ncc2Cl)ccc2nccnc12. The topological polar surface area (TPSA) is 310 Å². The summed E-state index contributed by atoms with van der Waals surface area (Å²) in [6.07, 6.45) is 16.5. The number of nitro benzene ring substituents is 2. The van der Waals surface area contributed by atoms with E-state index in [1.54, 1.807) is 100.0 Å². The third-order valence-electron chi connectivity index (χ3n) is 16.7. The first-order chi connectivity index (χ1) is 42.3. The number of piperidine rings is 2. The molecule has 466 valence electrons. The van der Waals surface area contributed by atoms with E-state index >= 15 is 0 Å². The Morgan fingerprint density at radius 2 is 0.978 bits per heavy atom. The minimum absolute atomic E-state index is 0.0293. The first-order valence-corrected chi connectivity index (χ1v) is 34.9. The molecule has 0 unspecified atom stereocenters. The Hall–Kier alpha value is -8.05. The summed E-state index contributed by atoms with van der Waals surface area (Å²) in [5.41, 5.74) is 5.89. The lowest BCUT2D eigenvalue weighted by atomic mass is 9.60. The van der Waals surface area contributed by atoms with E-state index in [0.717, 1.165) is 38.8 Å². The van der Waals surface area contributed by atoms with Crippen LogP contribution >= 0.6 is 37.5 Å². The van der Waals surface area contributed by atoms with Gasteiger partial charge in [-0.05, 0) is 153 Å². The molecule has 4 fully saturated rings. The lowest BCUT2D eigenvalue weighted by Gasteiger charge is -2.54. The number of ketones is 1. The highest BCUT2D eigenvalue weighted by Crippen LogP contribution is 2.52. The van der Waals surface area contributed by atoms with E-state index in [0.29, 0.717) is 110 Å². The molecule has 2 aliphatic carbocycles. The molecule has 0 bridgehead atoms. The van der Waals surface area contributed by atoms with Crippen LogP contribution < -0.4 is 47.0 Å². The fraction of sp³-hybridized carbons (Fsp3) is 0.383. The fourth-order valence-corrected chi connectivity index (χ4v) is 15.3. The number of nitrogens with one attached hydrogen (secondary N) is 5. The largest absolute Gasteiger partial charge is 0.366 e. The van der Waals surface area contributed by atoms with Gasteiger partial charge in [0.15, 0.2) is 11.6 Å². The highest BCUT2D eigenvalue weighted by atomic mass is 35.5. The summed E-state index contributed by atoms with van der Waals surface area (Å²) in [5, 5.41) is 40.9. The second kappa shape index (κ2) is 26.2. The summed E-state index contributed by atoms with van der Waals surface area (Å²) >= 11 is 12.9. The summed E-state index contributed by atoms with van der Waals surface area (Å²) in [6.45, 7) is 9.58. The number of nitrogens with zero attached hydrogens (tertiary/aromatic N) is 13. The molecule has 0 radical (unpaired) electrons. The molecular weight excluding hydrogens is 1220 g/mol. The Labute approximate surface area is 524 Å². The molecule has 4 aromatic carbocycles. The number of hydrogen-bond acceptors (Lipinski definition) is 23. The maximum Gasteiger partial charge on any atom is 0.294 e. The van der Waals surface area contributed by atoms with Crippen molar-refractivity contribution in [3.8, 4) is 0 Å². The molecule has 2 saturated heterocycles. The van der Waals surface area contributed by atoms with Crippen LogP contribution in [-0.2, 0) is 13.9 Å². The quantitative estimate of drug-likeness (QED) is 0.0362. The zero-order valence-electron chi connectivity index (χ0n) is 50.6. The Morgan fingerprint density at radius 1 is 0.584 bits per heavy atom. The Morgan fingerprint density at radius 3 is 1.35 bits per heavy atom. The second-order valence-electron chi connectivity index (χ2n) is 24.1. The first kappa shape index (κ1) is 64.0. The highest BCUT2D eigenvalue weighted by Gasteiger charge is 2.47. The molecule has 89 heavy (non-hydrogen) atoms. The van der Waals surface area contributed by atoms with Crippen LogP contribution in [0.4, 0.5) is 69.0 Å². The van der Waals surface area contributed by atoms with Crippen LogP contribution in [0.1, 0.15) is 51.4 Å². The number of hydrogen-bond donors (Lipinski definition) is 5. The van der Waals surface area contributed by atoms with Gasteiger partial charge in [-0.2, -0.15) is 9.97 Å². The fourth-order valence-electron chi connectivity index (χ4n) is 12.2. The molecule has 8 aromatic rings. The standard InChI is InChI=1S/C30H35ClN9O3P.C28H28ClN8O4P.C2H7N/c1-38(2)20-16-30(17-20)9-13-39(14-10-30)24-8-5-19(15-25(24)40(41)42)35-29-34-18-21(31)28(37-29)36-23-7-6-22-26(33-12-11-32-22)27(23)44(3,4)43;1-42(2,41)25-21(5-4-20-24(25)31-10-9-30-20)34-26-19(29)16-32-27(35-26)33-17-3-6-22(23(13-17)37(39)40)36-11-7-28(8-12-36)14-18(38)15-28;1-3-2/h5-8,11-12,15,18,20H,9-10,13-14,16-17H2,1-4H3,(H2,34,35,36,37);3-6,9-10,13,16H,7-8,11-12,14-15H2,1-2H3,(H2,32,33,34,35);3H,1-2H3. The average Bonchev–Trinajstić information content (AvgIpc) is 0.888. The molecule has 4 aliphatic rings. The summed E-state index contributed by atoms with van der Waals surface area (Å²) in [5.74, 6) is 1.20. The third-order valence-corrected chi connectivity index (χ3v) is 20.3. The maximum absolute atomic E-state index is 13.3. The van der Waals surface area contributed by atoms with Crippen molar-refractivity contribution in [1.29, 1.82) is 0 Å². The normalized spacial score (nSPS) is 16.2. The van der Waals surface area contributed by atoms with Crippen molar-refractivity contribution in [2.45, 2.75) is 57.4 Å². The van der Waals surface area contributed by atoms with Gasteiger partial charge < -0.3 is 50.4 Å². The number of anilines is 10. The molecule has 2 aliphatic heterocycles. The van der Waals surface area contributed by atoms with Gasteiger partial charge in [-0.25, -0.2) is 9.97 Å². The first-order valence-electron chi connectivity index (χ1n) is 28.9. The number of nitro groups is 2. The van der Waals surface area contributed by atoms with E-state index in [1.807, 2.05) is 19.0 Å². The number of carbonyl (C=O) groups excluding carboxylic acids is 1. The molecule has 25 nitrogen and oxygen atoms in total. The minimum atomic E-state index is -2.81. The molecule has 2 saturated carbocycles. The zero-order valence-corrected chi connectivity index (χ0v) is 53.9. The Balaban J connectivity index is 0.000000188. The summed E-state index contributed by atoms with van der Waals surface area (Å²) in [4.78, 5) is 76.4. The van der Waals surface area contributed by atoms with Gasteiger partial charge in [0.05, 0.1) is 55.3 Å². The van der Waals surface area contributed by atoms with Gasteiger partial charge in [-0.3, -0.25) is 45.0 Å². The lowest BCUT2D eigenvalue weighted by Crippen LogP contribution is -2.53. The molecule has 29 heteroatoms. The van der Waals surface area contributed by atoms with Crippen LogP contribution in [0.5, 0.6) is 0 Å². The molecule has 0 amide bonds. The van der Waals surface area contributed by atoms with Crippen molar-refractivity contribution >= 4 is 145 Å². The van der Waals surface area contributed by atoms with Crippen LogP contribution in [0.15, 0.2) is 97.8 Å². The van der Waals surface area contributed by atoms with Crippen molar-refractivity contribution in [3.63, 3.8) is 0 Å². The van der Waals surface area contributed by atoms with Gasteiger partial charge in [0.2, 0.25) is 11.9 Å². The van der Waals surface area contributed by atoms with Crippen molar-refractivity contribution in [1.82, 2.24) is 50.1 Å². The van der Waals surface area contributed by atoms with E-state index in [4.69, 9.17) is 23.2 Å². The molecular formula is C60H70Cl2N18O7P2. The molecule has 12 rings (SSSR count). The van der Waals surface area contributed by atoms with Crippen LogP contribution in [0.25, 0.3) is 22.1 Å². The predicted octanol–water partition coefficient (Wildman–Crippen LogP) is 11.5. The Kier molecular flexibility index (Phi) is 18.8. The van der Waals surface area contributed by atoms with Crippen LogP contribution in [0.2, 0.25) is 10.0 Å². The highest BCUT2D eigenvalue weighted by molar-refractivity contribution is 7.71. The molecule has 2 spiro atoms. The monoisotopic (exact) mass is 1290 g/mol. The van der Waals surface area contributed by atoms with E-state index in [-0.39, 0.29) is 55.3 Å². The van der Waals surface area contributed by atoms with E-state index in [1.165, 1.54) is 37.4 Å². The van der Waals surface area contributed by atoms with Gasteiger partial charge in [0.25, 0.3) is 11.4 Å². The number of carbonyl (C=O) groups is 1. The second-order valence-corrected chi connectivity index (χ2v) is 31.2. The number of fused-ring (bicyclic) bond motifs is 2. The summed E-state index contributed by atoms with van der Waals surface area (Å²) < 4.78 is 26.6. The molecule has 6 heterocycles. The number of aromatic nitrogens is 8. The summed E-state index contributed by atoms with van der Waals surface area (Å²) in [6, 6.07) is 17.8. The maximum atomic E-state index is 13.3. The Bertz CT molecular complexity index is 4100. The zero-order chi connectivity index (χ0) is 63.6. The van der Waals surface area contributed by atoms with E-state index in [9.17, 15) is 34.2 Å². The molecule has 4 aromatic heterocycles. The van der Waals surface area contributed by atoms with Gasteiger partial charge in [-0.15, -0.1) is 0 Å². The van der Waals surface area contributed by atoms with Gasteiger partial charge in [-0.1, -0.05) is 23.2 Å². The van der Waals surface area contributed by atoms with E-state index in [2.05, 4.69) is 90.4 Å². The van der Waals surface area contributed by atoms with Gasteiger partial charge in [0, 0.05) is 93.4 Å². The third kappa shape index (κ3) is 14.4. The minimum Gasteiger partial charge on any atom is -0.366 e. The summed E-state index contributed by atoms with van der Waals surface area (Å²) in [7, 11) is 2.40. The van der Waals surface area contributed by atoms with E-state index < -0.39 is 19.2 Å². The molecule has 5 N–H and O–H groups in total. The van der Waals surface area contributed by atoms with Crippen molar-refractivity contribution in [2.24, 2.45) is 10.8 Å². The van der Waals surface area contributed by atoms with Gasteiger partial charge >= 0.3 is 0 Å². The van der Waals surface area contributed by atoms with Crippen LogP contribution in [-0.4, -0.2) is 147 Å². The van der Waals surface area contributed by atoms with Crippen molar-refractivity contribution in [2.75, 3.05) is 112 Å². The number of Topliss-reactive ketones (excluding diaryl/α,β-unsaturated/α-hetero) is 1. The van der Waals surface area contributed by atoms with Crippen molar-refractivity contribution in [3.05, 3.63) is 128 Å². The van der Waals surface area contributed by atoms with Crippen LogP contribution in [0, 0.1) is 31.1 Å².